The van der Waals surface area contributed by atoms with Crippen molar-refractivity contribution >= 4 is 35.2 Å². The van der Waals surface area contributed by atoms with E-state index in [2.05, 4.69) is 5.32 Å². The molecule has 1 N–H and O–H groups in total. The second kappa shape index (κ2) is 12.3. The summed E-state index contributed by atoms with van der Waals surface area (Å²) < 4.78 is 51.5. The van der Waals surface area contributed by atoms with Crippen LogP contribution >= 0.6 is 11.6 Å². The van der Waals surface area contributed by atoms with Crippen molar-refractivity contribution in [2.75, 3.05) is 24.5 Å². The van der Waals surface area contributed by atoms with Gasteiger partial charge in [-0.05, 0) is 87.0 Å². The van der Waals surface area contributed by atoms with Gasteiger partial charge in [0.1, 0.15) is 30.2 Å². The zero-order valence-electron chi connectivity index (χ0n) is 23.1. The lowest BCUT2D eigenvalue weighted by Gasteiger charge is -2.24. The summed E-state index contributed by atoms with van der Waals surface area (Å²) in [6.45, 7) is 4.19. The van der Waals surface area contributed by atoms with Gasteiger partial charge >= 0.3 is 18.2 Å². The molecule has 1 heterocycles. The van der Waals surface area contributed by atoms with Crippen LogP contribution < -0.4 is 15.0 Å². The molecular formula is C30H29ClF3N3O5. The minimum atomic E-state index is -4.58. The number of urea groups is 1. The minimum Gasteiger partial charge on any atom is -0.459 e. The molecular weight excluding hydrogens is 575 g/mol. The summed E-state index contributed by atoms with van der Waals surface area (Å²) in [6.07, 6.45) is -4.58. The van der Waals surface area contributed by atoms with E-state index in [0.717, 1.165) is 12.1 Å². The van der Waals surface area contributed by atoms with Crippen molar-refractivity contribution in [3.63, 3.8) is 0 Å². The number of carbonyl (C=O) groups excluding carboxylic acids is 3. The highest BCUT2D eigenvalue weighted by atomic mass is 35.5. The highest BCUT2D eigenvalue weighted by Crippen LogP contribution is 2.38. The first-order valence-corrected chi connectivity index (χ1v) is 13.3. The molecule has 0 aromatic heterocycles. The Labute approximate surface area is 246 Å². The molecule has 0 aliphatic carbocycles. The van der Waals surface area contributed by atoms with Crippen molar-refractivity contribution in [1.29, 1.82) is 0 Å². The number of nitrogens with one attached hydrogen (secondary N) is 1. The third kappa shape index (κ3) is 7.94. The van der Waals surface area contributed by atoms with Gasteiger partial charge in [0, 0.05) is 17.3 Å². The van der Waals surface area contributed by atoms with Gasteiger partial charge in [-0.2, -0.15) is 13.2 Å². The molecule has 0 bridgehead atoms. The Bertz CT molecular complexity index is 1440. The van der Waals surface area contributed by atoms with E-state index in [9.17, 15) is 27.6 Å². The van der Waals surface area contributed by atoms with Gasteiger partial charge < -0.3 is 19.7 Å². The van der Waals surface area contributed by atoms with Crippen molar-refractivity contribution in [1.82, 2.24) is 10.2 Å². The number of hydrogen-bond acceptors (Lipinski definition) is 5. The fraction of sp³-hybridized carbons (Fsp3) is 0.300. The molecule has 3 amide bonds. The molecule has 42 heavy (non-hydrogen) atoms. The van der Waals surface area contributed by atoms with E-state index in [0.29, 0.717) is 22.2 Å². The SMILES string of the molecule is CC(C)(C)OC(=O)CNC(=O)CN1CC(c2cccc(C(F)(F)F)c2)N(c2ccc(Oc3ccc(Cl)cc3)cc2)C1=O. The average Bonchev–Trinajstić information content (AvgIpc) is 3.23. The highest BCUT2D eigenvalue weighted by molar-refractivity contribution is 6.30. The van der Waals surface area contributed by atoms with Gasteiger partial charge in [0.05, 0.1) is 11.6 Å². The second-order valence-corrected chi connectivity index (χ2v) is 11.0. The minimum absolute atomic E-state index is 0.0664. The normalized spacial score (nSPS) is 15.5. The lowest BCUT2D eigenvalue weighted by Crippen LogP contribution is -2.42. The van der Waals surface area contributed by atoms with Gasteiger partial charge in [0.2, 0.25) is 5.91 Å². The third-order valence-electron chi connectivity index (χ3n) is 6.13. The lowest BCUT2D eigenvalue weighted by atomic mass is 10.0. The van der Waals surface area contributed by atoms with Crippen LogP contribution in [0.5, 0.6) is 11.5 Å². The monoisotopic (exact) mass is 603 g/mol. The fourth-order valence-electron chi connectivity index (χ4n) is 4.34. The van der Waals surface area contributed by atoms with E-state index in [1.54, 1.807) is 69.3 Å². The van der Waals surface area contributed by atoms with Crippen LogP contribution in [0, 0.1) is 0 Å². The third-order valence-corrected chi connectivity index (χ3v) is 6.38. The molecule has 3 aromatic carbocycles. The van der Waals surface area contributed by atoms with E-state index in [1.807, 2.05) is 0 Å². The molecule has 12 heteroatoms. The number of hydrogen-bond donors (Lipinski definition) is 1. The Kier molecular flexibility index (Phi) is 9.00. The van der Waals surface area contributed by atoms with Gasteiger partial charge in [-0.1, -0.05) is 23.7 Å². The summed E-state index contributed by atoms with van der Waals surface area (Å²) in [5.41, 5.74) is -0.951. The number of amides is 3. The van der Waals surface area contributed by atoms with Crippen molar-refractivity contribution in [3.05, 3.63) is 88.9 Å². The van der Waals surface area contributed by atoms with Crippen LogP contribution in [0.15, 0.2) is 72.8 Å². The van der Waals surface area contributed by atoms with Crippen molar-refractivity contribution in [2.45, 2.75) is 38.6 Å². The maximum Gasteiger partial charge on any atom is 0.416 e. The Balaban J connectivity index is 1.55. The molecule has 4 rings (SSSR count). The Morgan fingerprint density at radius 3 is 2.19 bits per heavy atom. The molecule has 1 fully saturated rings. The maximum absolute atomic E-state index is 13.6. The molecule has 8 nitrogen and oxygen atoms in total. The zero-order valence-corrected chi connectivity index (χ0v) is 23.8. The van der Waals surface area contributed by atoms with Gasteiger partial charge in [-0.3, -0.25) is 14.5 Å². The van der Waals surface area contributed by atoms with Crippen LogP contribution in [-0.2, 0) is 20.5 Å². The molecule has 1 aliphatic heterocycles. The Morgan fingerprint density at radius 1 is 0.976 bits per heavy atom. The molecule has 1 unspecified atom stereocenters. The van der Waals surface area contributed by atoms with Crippen LogP contribution in [0.1, 0.15) is 37.9 Å². The summed E-state index contributed by atoms with van der Waals surface area (Å²) in [7, 11) is 0. The number of anilines is 1. The highest BCUT2D eigenvalue weighted by Gasteiger charge is 2.41. The summed E-state index contributed by atoms with van der Waals surface area (Å²) in [4.78, 5) is 40.7. The van der Waals surface area contributed by atoms with Gasteiger partial charge in [-0.25, -0.2) is 4.79 Å². The maximum atomic E-state index is 13.6. The summed E-state index contributed by atoms with van der Waals surface area (Å²) in [5.74, 6) is -0.268. The largest absolute Gasteiger partial charge is 0.459 e. The molecule has 222 valence electrons. The molecule has 1 saturated heterocycles. The summed E-state index contributed by atoms with van der Waals surface area (Å²) in [5, 5.41) is 2.98. The molecule has 0 saturated carbocycles. The fourth-order valence-corrected chi connectivity index (χ4v) is 4.47. The topological polar surface area (TPSA) is 88.2 Å². The predicted molar refractivity (Wildman–Crippen MR) is 150 cm³/mol. The first kappa shape index (κ1) is 30.7. The first-order valence-electron chi connectivity index (χ1n) is 13.0. The van der Waals surface area contributed by atoms with E-state index in [4.69, 9.17) is 21.1 Å². The number of benzene rings is 3. The van der Waals surface area contributed by atoms with E-state index >= 15 is 0 Å². The van der Waals surface area contributed by atoms with Crippen LogP contribution in [0.25, 0.3) is 0 Å². The van der Waals surface area contributed by atoms with E-state index < -0.39 is 54.4 Å². The number of carbonyl (C=O) groups is 3. The molecule has 0 spiro atoms. The van der Waals surface area contributed by atoms with Crippen LogP contribution in [0.3, 0.4) is 0 Å². The van der Waals surface area contributed by atoms with Crippen molar-refractivity contribution in [3.8, 4) is 11.5 Å². The van der Waals surface area contributed by atoms with Crippen molar-refractivity contribution < 1.29 is 37.0 Å². The molecule has 1 atom stereocenters. The number of alkyl halides is 3. The lowest BCUT2D eigenvalue weighted by molar-refractivity contribution is -0.154. The van der Waals surface area contributed by atoms with Gasteiger partial charge in [0.15, 0.2) is 0 Å². The number of ether oxygens (including phenoxy) is 2. The zero-order chi connectivity index (χ0) is 30.7. The van der Waals surface area contributed by atoms with Crippen LogP contribution in [0.4, 0.5) is 23.7 Å². The van der Waals surface area contributed by atoms with Crippen LogP contribution in [-0.4, -0.2) is 48.0 Å². The predicted octanol–water partition coefficient (Wildman–Crippen LogP) is 6.59. The van der Waals surface area contributed by atoms with E-state index in [1.165, 1.54) is 21.9 Å². The molecule has 0 radical (unpaired) electrons. The van der Waals surface area contributed by atoms with Gasteiger partial charge in [-0.15, -0.1) is 0 Å². The average molecular weight is 604 g/mol. The second-order valence-electron chi connectivity index (χ2n) is 10.6. The van der Waals surface area contributed by atoms with Gasteiger partial charge in [0.25, 0.3) is 0 Å². The van der Waals surface area contributed by atoms with Crippen LogP contribution in [0.2, 0.25) is 5.02 Å². The summed E-state index contributed by atoms with van der Waals surface area (Å²) >= 11 is 5.91. The number of esters is 1. The number of nitrogens with zero attached hydrogens (tertiary/aromatic N) is 2. The smallest absolute Gasteiger partial charge is 0.416 e. The molecule has 1 aliphatic rings. The Morgan fingerprint density at radius 2 is 1.60 bits per heavy atom. The standard InChI is InChI=1S/C30H29ClF3N3O5/c1-29(2,3)42-27(39)16-35-26(38)18-36-17-25(19-5-4-6-20(15-19)30(32,33)34)37(28(36)40)22-9-13-24(14-10-22)41-23-11-7-21(31)8-12-23/h4-15,25H,16-18H2,1-3H3,(H,35,38). The Hall–Kier alpha value is -4.25. The van der Waals surface area contributed by atoms with Crippen molar-refractivity contribution in [2.24, 2.45) is 0 Å². The first-order chi connectivity index (χ1) is 19.7. The number of rotatable bonds is 8. The number of halogens is 4. The summed E-state index contributed by atoms with van der Waals surface area (Å²) in [6, 6.07) is 16.5. The van der Waals surface area contributed by atoms with E-state index in [-0.39, 0.29) is 12.1 Å². The molecule has 3 aromatic rings. The quantitative estimate of drug-likeness (QED) is 0.293.